The molecule has 0 aliphatic carbocycles. The normalized spacial score (nSPS) is 25.1. The van der Waals surface area contributed by atoms with E-state index in [4.69, 9.17) is 18.9 Å². The first-order chi connectivity index (χ1) is 13.3. The Hall–Kier alpha value is -1.93. The van der Waals surface area contributed by atoms with Crippen LogP contribution in [0.5, 0.6) is 0 Å². The molecule has 0 saturated carbocycles. The van der Waals surface area contributed by atoms with Gasteiger partial charge in [0.25, 0.3) is 0 Å². The van der Waals surface area contributed by atoms with Crippen LogP contribution in [-0.2, 0) is 33.3 Å². The van der Waals surface area contributed by atoms with Crippen molar-refractivity contribution in [3.05, 3.63) is 12.7 Å². The number of carbonyl (C=O) groups excluding carboxylic acids is 3. The lowest BCUT2D eigenvalue weighted by molar-refractivity contribution is -0.242. The number of hydrogen-bond acceptors (Lipinski definition) is 7. The van der Waals surface area contributed by atoms with Crippen molar-refractivity contribution in [2.45, 2.75) is 79.4 Å². The Balaban J connectivity index is 3.02. The van der Waals surface area contributed by atoms with Crippen LogP contribution >= 0.6 is 0 Å². The summed E-state index contributed by atoms with van der Waals surface area (Å²) in [4.78, 5) is 36.3. The molecule has 8 nitrogen and oxygen atoms in total. The van der Waals surface area contributed by atoms with Gasteiger partial charge >= 0.3 is 11.9 Å². The molecule has 29 heavy (non-hydrogen) atoms. The Morgan fingerprint density at radius 1 is 1.10 bits per heavy atom. The van der Waals surface area contributed by atoms with Crippen LogP contribution in [0, 0.1) is 10.8 Å². The van der Waals surface area contributed by atoms with Crippen molar-refractivity contribution in [2.24, 2.45) is 10.8 Å². The van der Waals surface area contributed by atoms with E-state index < -0.39 is 41.3 Å². The van der Waals surface area contributed by atoms with Gasteiger partial charge in [-0.25, -0.2) is 0 Å². The summed E-state index contributed by atoms with van der Waals surface area (Å²) in [5.41, 5.74) is -1.37. The summed E-state index contributed by atoms with van der Waals surface area (Å²) in [6.45, 7) is 15.7. The monoisotopic (exact) mass is 413 g/mol. The van der Waals surface area contributed by atoms with Crippen LogP contribution in [0.3, 0.4) is 0 Å². The number of amides is 1. The lowest BCUT2D eigenvalue weighted by atomic mass is 9.95. The molecule has 4 atom stereocenters. The summed E-state index contributed by atoms with van der Waals surface area (Å²) < 4.78 is 22.6. The molecule has 0 aromatic rings. The second kappa shape index (κ2) is 10.2. The standard InChI is InChI=1S/C21H35NO7/c1-9-10-26-17-16(22-13(2)23)15(29-19(25)21(6,7)8)11-14(28-17)12-27-18(24)20(3,4)5/h9,14-17H,1,10-12H2,2-8H3,(H,22,23)/t14-,15-,16+,17-/m0/s1. The number of rotatable bonds is 7. The maximum Gasteiger partial charge on any atom is 0.311 e. The molecule has 1 heterocycles. The summed E-state index contributed by atoms with van der Waals surface area (Å²) in [6, 6.07) is -0.701. The first-order valence-electron chi connectivity index (χ1n) is 9.79. The van der Waals surface area contributed by atoms with Gasteiger partial charge in [-0.05, 0) is 41.5 Å². The topological polar surface area (TPSA) is 100 Å². The third kappa shape index (κ3) is 8.14. The fraction of sp³-hybridized carbons (Fsp3) is 0.762. The molecule has 0 aromatic carbocycles. The van der Waals surface area contributed by atoms with Crippen LogP contribution in [0.15, 0.2) is 12.7 Å². The first kappa shape index (κ1) is 25.1. The Morgan fingerprint density at radius 3 is 2.17 bits per heavy atom. The van der Waals surface area contributed by atoms with Crippen molar-refractivity contribution in [3.8, 4) is 0 Å². The Bertz CT molecular complexity index is 603. The zero-order valence-electron chi connectivity index (χ0n) is 18.6. The minimum absolute atomic E-state index is 0.0135. The fourth-order valence-corrected chi connectivity index (χ4v) is 2.54. The predicted octanol–water partition coefficient (Wildman–Crippen LogP) is 2.36. The zero-order chi connectivity index (χ0) is 22.4. The van der Waals surface area contributed by atoms with Gasteiger partial charge in [-0.1, -0.05) is 6.08 Å². The molecule has 1 saturated heterocycles. The molecular weight excluding hydrogens is 378 g/mol. The summed E-state index contributed by atoms with van der Waals surface area (Å²) in [5, 5.41) is 2.75. The van der Waals surface area contributed by atoms with Gasteiger partial charge in [-0.2, -0.15) is 0 Å². The molecule has 0 unspecified atom stereocenters. The highest BCUT2D eigenvalue weighted by molar-refractivity contribution is 5.76. The quantitative estimate of drug-likeness (QED) is 0.505. The molecule has 8 heteroatoms. The van der Waals surface area contributed by atoms with Crippen molar-refractivity contribution in [2.75, 3.05) is 13.2 Å². The first-order valence-corrected chi connectivity index (χ1v) is 9.79. The van der Waals surface area contributed by atoms with Gasteiger partial charge in [0.15, 0.2) is 6.29 Å². The third-order valence-corrected chi connectivity index (χ3v) is 4.15. The Kier molecular flexibility index (Phi) is 8.84. The average molecular weight is 414 g/mol. The minimum atomic E-state index is -0.887. The maximum absolute atomic E-state index is 12.5. The van der Waals surface area contributed by atoms with Crippen LogP contribution in [-0.4, -0.2) is 55.6 Å². The summed E-state index contributed by atoms with van der Waals surface area (Å²) in [5.74, 6) is -1.08. The molecule has 166 valence electrons. The van der Waals surface area contributed by atoms with Crippen molar-refractivity contribution >= 4 is 17.8 Å². The van der Waals surface area contributed by atoms with Crippen LogP contribution < -0.4 is 5.32 Å². The summed E-state index contributed by atoms with van der Waals surface area (Å²) in [7, 11) is 0. The highest BCUT2D eigenvalue weighted by atomic mass is 16.7. The molecule has 1 amide bonds. The van der Waals surface area contributed by atoms with E-state index in [1.165, 1.54) is 6.92 Å². The minimum Gasteiger partial charge on any atom is -0.463 e. The predicted molar refractivity (Wildman–Crippen MR) is 107 cm³/mol. The van der Waals surface area contributed by atoms with Gasteiger partial charge in [-0.3, -0.25) is 14.4 Å². The number of carbonyl (C=O) groups is 3. The molecule has 0 spiro atoms. The third-order valence-electron chi connectivity index (χ3n) is 4.15. The van der Waals surface area contributed by atoms with Gasteiger partial charge in [0, 0.05) is 13.3 Å². The second-order valence-electron chi connectivity index (χ2n) is 9.25. The van der Waals surface area contributed by atoms with E-state index in [2.05, 4.69) is 11.9 Å². The highest BCUT2D eigenvalue weighted by Crippen LogP contribution is 2.28. The van der Waals surface area contributed by atoms with Gasteiger partial charge < -0.3 is 24.3 Å². The van der Waals surface area contributed by atoms with Crippen molar-refractivity contribution < 1.29 is 33.3 Å². The molecule has 1 aliphatic heterocycles. The largest absolute Gasteiger partial charge is 0.463 e. The van der Waals surface area contributed by atoms with Crippen LogP contribution in [0.2, 0.25) is 0 Å². The molecule has 1 N–H and O–H groups in total. The summed E-state index contributed by atoms with van der Waals surface area (Å²) >= 11 is 0. The zero-order valence-corrected chi connectivity index (χ0v) is 18.6. The van der Waals surface area contributed by atoms with E-state index in [1.807, 2.05) is 0 Å². The SMILES string of the molecule is C=CCO[C@H]1O[C@H](COC(=O)C(C)(C)C)C[C@H](OC(=O)C(C)(C)C)[C@H]1NC(C)=O. The Labute approximate surface area is 173 Å². The summed E-state index contributed by atoms with van der Waals surface area (Å²) in [6.07, 6.45) is -0.348. The van der Waals surface area contributed by atoms with E-state index in [0.717, 1.165) is 0 Å². The maximum atomic E-state index is 12.5. The van der Waals surface area contributed by atoms with E-state index >= 15 is 0 Å². The van der Waals surface area contributed by atoms with Crippen LogP contribution in [0.25, 0.3) is 0 Å². The Morgan fingerprint density at radius 2 is 1.69 bits per heavy atom. The average Bonchev–Trinajstić information content (AvgIpc) is 2.57. The molecule has 1 fully saturated rings. The molecule has 0 bridgehead atoms. The molecular formula is C21H35NO7. The van der Waals surface area contributed by atoms with E-state index in [-0.39, 0.29) is 31.5 Å². The van der Waals surface area contributed by atoms with Gasteiger partial charge in [0.2, 0.25) is 5.91 Å². The lowest BCUT2D eigenvalue weighted by Gasteiger charge is -2.41. The molecule has 1 aliphatic rings. The molecule has 0 aromatic heterocycles. The fourth-order valence-electron chi connectivity index (χ4n) is 2.54. The highest BCUT2D eigenvalue weighted by Gasteiger charge is 2.44. The van der Waals surface area contributed by atoms with E-state index in [0.29, 0.717) is 0 Å². The number of hydrogen-bond donors (Lipinski definition) is 1. The van der Waals surface area contributed by atoms with Crippen molar-refractivity contribution in [1.82, 2.24) is 5.32 Å². The van der Waals surface area contributed by atoms with Crippen LogP contribution in [0.1, 0.15) is 54.9 Å². The number of ether oxygens (including phenoxy) is 4. The second-order valence-corrected chi connectivity index (χ2v) is 9.25. The van der Waals surface area contributed by atoms with Crippen molar-refractivity contribution in [1.29, 1.82) is 0 Å². The molecule has 0 radical (unpaired) electrons. The smallest absolute Gasteiger partial charge is 0.311 e. The van der Waals surface area contributed by atoms with Crippen LogP contribution in [0.4, 0.5) is 0 Å². The number of esters is 2. The van der Waals surface area contributed by atoms with Gasteiger partial charge in [-0.15, -0.1) is 6.58 Å². The van der Waals surface area contributed by atoms with Crippen molar-refractivity contribution in [3.63, 3.8) is 0 Å². The lowest BCUT2D eigenvalue weighted by Crippen LogP contribution is -2.59. The van der Waals surface area contributed by atoms with Gasteiger partial charge in [0.1, 0.15) is 18.8 Å². The van der Waals surface area contributed by atoms with Gasteiger partial charge in [0.05, 0.1) is 23.5 Å². The van der Waals surface area contributed by atoms with E-state index in [1.54, 1.807) is 47.6 Å². The van der Waals surface area contributed by atoms with E-state index in [9.17, 15) is 14.4 Å². The number of nitrogens with one attached hydrogen (secondary N) is 1. The molecule has 1 rings (SSSR count).